The number of carboxylic acid groups (broad SMARTS) is 1. The maximum absolute atomic E-state index is 13.0. The normalized spacial score (nSPS) is 17.1. The molecule has 40 heavy (non-hydrogen) atoms. The largest absolute Gasteiger partial charge is 0.465 e. The fraction of sp³-hybridized carbons (Fsp3) is 0.357. The first-order chi connectivity index (χ1) is 19.4. The van der Waals surface area contributed by atoms with E-state index in [1.807, 2.05) is 54.3 Å². The van der Waals surface area contributed by atoms with Crippen molar-refractivity contribution in [3.8, 4) is 12.1 Å². The molecule has 4 heterocycles. The molecule has 0 saturated carbocycles. The van der Waals surface area contributed by atoms with E-state index in [9.17, 15) is 20.0 Å². The Morgan fingerprint density at radius 2 is 1.90 bits per heavy atom. The number of piperazine rings is 1. The lowest BCUT2D eigenvalue weighted by molar-refractivity contribution is 0.0767. The molecule has 2 atom stereocenters. The Kier molecular flexibility index (Phi) is 7.91. The number of amides is 2. The smallest absolute Gasteiger partial charge is 0.410 e. The predicted octanol–water partition coefficient (Wildman–Crippen LogP) is 3.75. The molecule has 2 aliphatic rings. The van der Waals surface area contributed by atoms with Crippen LogP contribution in [-0.4, -0.2) is 67.7 Å². The highest BCUT2D eigenvalue weighted by Gasteiger charge is 2.36. The maximum Gasteiger partial charge on any atom is 0.410 e. The topological polar surface area (TPSA) is 145 Å². The first kappa shape index (κ1) is 26.7. The maximum atomic E-state index is 13.0. The van der Waals surface area contributed by atoms with E-state index in [2.05, 4.69) is 16.0 Å². The van der Waals surface area contributed by atoms with Crippen LogP contribution in [0.15, 0.2) is 54.9 Å². The first-order valence-electron chi connectivity index (χ1n) is 13.0. The highest BCUT2D eigenvalue weighted by molar-refractivity contribution is 5.69. The molecule has 1 fully saturated rings. The molecule has 0 bridgehead atoms. The molecule has 2 amide bonds. The molecule has 0 radical (unpaired) electrons. The zero-order valence-corrected chi connectivity index (χ0v) is 22.0. The number of anilines is 1. The predicted molar refractivity (Wildman–Crippen MR) is 142 cm³/mol. The van der Waals surface area contributed by atoms with Gasteiger partial charge in [0.1, 0.15) is 18.5 Å². The van der Waals surface area contributed by atoms with Gasteiger partial charge in [0.2, 0.25) is 0 Å². The molecular formula is C28H29N7O5. The van der Waals surface area contributed by atoms with Crippen molar-refractivity contribution in [3.63, 3.8) is 0 Å². The summed E-state index contributed by atoms with van der Waals surface area (Å²) < 4.78 is 11.6. The van der Waals surface area contributed by atoms with Gasteiger partial charge in [0.05, 0.1) is 37.3 Å². The molecule has 2 aliphatic heterocycles. The van der Waals surface area contributed by atoms with Crippen molar-refractivity contribution in [2.45, 2.75) is 45.2 Å². The van der Waals surface area contributed by atoms with E-state index in [1.54, 1.807) is 17.3 Å². The molecule has 0 aliphatic carbocycles. The average Bonchev–Trinajstić information content (AvgIpc) is 3.41. The van der Waals surface area contributed by atoms with Crippen LogP contribution in [0.25, 0.3) is 0 Å². The van der Waals surface area contributed by atoms with Crippen LogP contribution in [0.1, 0.15) is 41.8 Å². The van der Waals surface area contributed by atoms with Gasteiger partial charge in [-0.15, -0.1) is 0 Å². The third-order valence-corrected chi connectivity index (χ3v) is 7.02. The third kappa shape index (κ3) is 5.88. The van der Waals surface area contributed by atoms with E-state index in [0.29, 0.717) is 36.7 Å². The van der Waals surface area contributed by atoms with Gasteiger partial charge in [-0.2, -0.15) is 15.2 Å². The van der Waals surface area contributed by atoms with Crippen LogP contribution in [0.3, 0.4) is 0 Å². The molecule has 0 spiro atoms. The molecule has 206 valence electrons. The number of ether oxygens (including phenoxy) is 2. The van der Waals surface area contributed by atoms with Crippen LogP contribution in [-0.2, 0) is 24.4 Å². The second-order valence-corrected chi connectivity index (χ2v) is 9.63. The minimum atomic E-state index is -1.05. The SMILES string of the molecule is C[C@@H](Oc1nc2c(c(N3CCN(C(=O)OCc4ccccc4)[C@@H](CC#N)C3)n1)CN(C(=O)O)C2)c1ccncc1. The quantitative estimate of drug-likeness (QED) is 0.468. The van der Waals surface area contributed by atoms with Crippen molar-refractivity contribution in [2.75, 3.05) is 24.5 Å². The second-order valence-electron chi connectivity index (χ2n) is 9.63. The lowest BCUT2D eigenvalue weighted by Crippen LogP contribution is -2.55. The molecule has 3 aromatic rings. The van der Waals surface area contributed by atoms with Crippen LogP contribution in [0.2, 0.25) is 0 Å². The summed E-state index contributed by atoms with van der Waals surface area (Å²) in [7, 11) is 0. The Morgan fingerprint density at radius 1 is 1.12 bits per heavy atom. The molecule has 0 unspecified atom stereocenters. The summed E-state index contributed by atoms with van der Waals surface area (Å²) >= 11 is 0. The number of pyridine rings is 1. The van der Waals surface area contributed by atoms with E-state index in [1.165, 1.54) is 4.90 Å². The minimum Gasteiger partial charge on any atom is -0.465 e. The van der Waals surface area contributed by atoms with Gasteiger partial charge in [-0.25, -0.2) is 9.59 Å². The van der Waals surface area contributed by atoms with Crippen LogP contribution in [0, 0.1) is 11.3 Å². The van der Waals surface area contributed by atoms with E-state index >= 15 is 0 Å². The minimum absolute atomic E-state index is 0.105. The summed E-state index contributed by atoms with van der Waals surface area (Å²) in [6, 6.07) is 14.9. The molecule has 1 N–H and O–H groups in total. The molecule has 2 aromatic heterocycles. The number of hydrogen-bond donors (Lipinski definition) is 1. The number of benzene rings is 1. The fourth-order valence-corrected chi connectivity index (χ4v) is 4.90. The highest BCUT2D eigenvalue weighted by Crippen LogP contribution is 2.33. The lowest BCUT2D eigenvalue weighted by Gasteiger charge is -2.41. The molecule has 5 rings (SSSR count). The van der Waals surface area contributed by atoms with Gasteiger partial charge in [-0.05, 0) is 30.2 Å². The third-order valence-electron chi connectivity index (χ3n) is 7.02. The number of nitriles is 1. The van der Waals surface area contributed by atoms with Crippen molar-refractivity contribution < 1.29 is 24.2 Å². The van der Waals surface area contributed by atoms with Crippen LogP contribution in [0.5, 0.6) is 6.01 Å². The Labute approximate surface area is 231 Å². The summed E-state index contributed by atoms with van der Waals surface area (Å²) in [5.74, 6) is 0.547. The lowest BCUT2D eigenvalue weighted by atomic mass is 10.1. The van der Waals surface area contributed by atoms with Gasteiger partial charge in [0, 0.05) is 37.6 Å². The Morgan fingerprint density at radius 3 is 2.62 bits per heavy atom. The number of hydrogen-bond acceptors (Lipinski definition) is 9. The van der Waals surface area contributed by atoms with Gasteiger partial charge < -0.3 is 24.4 Å². The van der Waals surface area contributed by atoms with Crippen molar-refractivity contribution in [3.05, 3.63) is 77.2 Å². The van der Waals surface area contributed by atoms with E-state index < -0.39 is 18.2 Å². The number of aromatic nitrogens is 3. The van der Waals surface area contributed by atoms with Crippen molar-refractivity contribution in [2.24, 2.45) is 0 Å². The number of carbonyl (C=O) groups excluding carboxylic acids is 1. The van der Waals surface area contributed by atoms with E-state index in [0.717, 1.165) is 11.1 Å². The average molecular weight is 544 g/mol. The van der Waals surface area contributed by atoms with Crippen LogP contribution < -0.4 is 9.64 Å². The Bertz CT molecular complexity index is 1400. The van der Waals surface area contributed by atoms with Gasteiger partial charge in [-0.1, -0.05) is 30.3 Å². The monoisotopic (exact) mass is 543 g/mol. The molecular weight excluding hydrogens is 514 g/mol. The standard InChI is InChI=1S/C28H29N7O5/c1-19(21-8-11-30-12-9-21)40-26-31-24-17-34(27(36)37)16-23(24)25(32-26)33-13-14-35(22(15-33)7-10-29)28(38)39-18-20-5-3-2-4-6-20/h2-6,8-9,11-12,19,22H,7,13-18H2,1H3,(H,36,37)/t19-,22+/m1/s1. The van der Waals surface area contributed by atoms with Crippen molar-refractivity contribution >= 4 is 18.0 Å². The van der Waals surface area contributed by atoms with E-state index in [4.69, 9.17) is 14.5 Å². The molecule has 1 aromatic carbocycles. The summed E-state index contributed by atoms with van der Waals surface area (Å²) in [6.07, 6.45) is 1.55. The molecule has 12 nitrogen and oxygen atoms in total. The van der Waals surface area contributed by atoms with Gasteiger partial charge in [0.25, 0.3) is 0 Å². The van der Waals surface area contributed by atoms with E-state index in [-0.39, 0.29) is 38.2 Å². The Balaban J connectivity index is 1.37. The Hall–Kier alpha value is -4.92. The first-order valence-corrected chi connectivity index (χ1v) is 13.0. The van der Waals surface area contributed by atoms with Crippen molar-refractivity contribution in [1.82, 2.24) is 24.8 Å². The number of rotatable bonds is 7. The fourth-order valence-electron chi connectivity index (χ4n) is 4.90. The van der Waals surface area contributed by atoms with Crippen LogP contribution in [0.4, 0.5) is 15.4 Å². The zero-order chi connectivity index (χ0) is 28.1. The number of nitrogens with zero attached hydrogens (tertiary/aromatic N) is 7. The van der Waals surface area contributed by atoms with Gasteiger partial charge >= 0.3 is 18.2 Å². The number of carbonyl (C=O) groups is 2. The summed E-state index contributed by atoms with van der Waals surface area (Å²) in [5.41, 5.74) is 3.04. The highest BCUT2D eigenvalue weighted by atomic mass is 16.6. The molecule has 1 saturated heterocycles. The van der Waals surface area contributed by atoms with Crippen molar-refractivity contribution in [1.29, 1.82) is 5.26 Å². The summed E-state index contributed by atoms with van der Waals surface area (Å²) in [4.78, 5) is 42.8. The summed E-state index contributed by atoms with van der Waals surface area (Å²) in [6.45, 7) is 3.32. The van der Waals surface area contributed by atoms with Crippen LogP contribution >= 0.6 is 0 Å². The summed E-state index contributed by atoms with van der Waals surface area (Å²) in [5, 5.41) is 19.1. The molecule has 12 heteroatoms. The zero-order valence-electron chi connectivity index (χ0n) is 22.0. The van der Waals surface area contributed by atoms with Gasteiger partial charge in [0.15, 0.2) is 0 Å². The van der Waals surface area contributed by atoms with Gasteiger partial charge in [-0.3, -0.25) is 9.88 Å². The number of fused-ring (bicyclic) bond motifs is 1. The second kappa shape index (κ2) is 11.9.